The Morgan fingerprint density at radius 2 is 2.33 bits per heavy atom. The lowest BCUT2D eigenvalue weighted by atomic mass is 9.84. The van der Waals surface area contributed by atoms with Crippen LogP contribution in [0, 0.1) is 5.92 Å². The maximum absolute atomic E-state index is 5.58. The third-order valence-corrected chi connectivity index (χ3v) is 2.79. The van der Waals surface area contributed by atoms with Crippen molar-refractivity contribution in [1.29, 1.82) is 0 Å². The minimum atomic E-state index is 0.317. The Morgan fingerprint density at radius 1 is 1.56 bits per heavy atom. The lowest BCUT2D eigenvalue weighted by Crippen LogP contribution is -2.20. The van der Waals surface area contributed by atoms with Crippen molar-refractivity contribution in [2.75, 3.05) is 0 Å². The Balaban J connectivity index is 2.07. The summed E-state index contributed by atoms with van der Waals surface area (Å²) >= 11 is 0. The quantitative estimate of drug-likeness (QED) is 0.452. The summed E-state index contributed by atoms with van der Waals surface area (Å²) in [7, 11) is 0. The molecule has 0 N–H and O–H groups in total. The summed E-state index contributed by atoms with van der Waals surface area (Å²) in [5.74, 6) is 0.823. The Bertz CT molecular complexity index is 133. The van der Waals surface area contributed by atoms with Crippen LogP contribution in [0.1, 0.15) is 33.1 Å². The predicted octanol–water partition coefficient (Wildman–Crippen LogP) is 1.96. The van der Waals surface area contributed by atoms with Gasteiger partial charge in [0.1, 0.15) is 0 Å². The Labute approximate surface area is 56.4 Å². The molecule has 1 aliphatic carbocycles. The van der Waals surface area contributed by atoms with Crippen LogP contribution in [0.25, 0.3) is 0 Å². The molecule has 3 unspecified atom stereocenters. The highest BCUT2D eigenvalue weighted by atomic mass is 16.6. The van der Waals surface area contributed by atoms with Gasteiger partial charge >= 0.3 is 0 Å². The molecule has 1 heterocycles. The largest absolute Gasteiger partial charge is 0.366 e. The Morgan fingerprint density at radius 3 is 2.89 bits per heavy atom. The van der Waals surface area contributed by atoms with Gasteiger partial charge in [-0.3, -0.25) is 0 Å². The number of hydrogen-bond acceptors (Lipinski definition) is 1. The molecule has 0 aromatic rings. The molecule has 0 radical (unpaired) electrons. The molecule has 3 atom stereocenters. The maximum atomic E-state index is 5.58. The lowest BCUT2D eigenvalue weighted by molar-refractivity contribution is 0.300. The summed E-state index contributed by atoms with van der Waals surface area (Å²) in [6.07, 6.45) is 4.66. The minimum absolute atomic E-state index is 0.317. The van der Waals surface area contributed by atoms with E-state index < -0.39 is 0 Å². The van der Waals surface area contributed by atoms with Crippen molar-refractivity contribution in [2.45, 2.75) is 44.8 Å². The molecule has 0 aromatic heterocycles. The van der Waals surface area contributed by atoms with Gasteiger partial charge in [0.15, 0.2) is 0 Å². The molecular formula is C8H14O. The van der Waals surface area contributed by atoms with Crippen molar-refractivity contribution in [2.24, 2.45) is 5.92 Å². The van der Waals surface area contributed by atoms with Crippen molar-refractivity contribution in [1.82, 2.24) is 0 Å². The highest BCUT2D eigenvalue weighted by Gasteiger charge is 2.56. The van der Waals surface area contributed by atoms with E-state index in [0.29, 0.717) is 11.7 Å². The maximum Gasteiger partial charge on any atom is 0.0923 e. The number of hydrogen-bond donors (Lipinski definition) is 0. The second-order valence-electron chi connectivity index (χ2n) is 3.72. The van der Waals surface area contributed by atoms with E-state index in [9.17, 15) is 0 Å². The van der Waals surface area contributed by atoms with Gasteiger partial charge in [-0.25, -0.2) is 0 Å². The fourth-order valence-corrected chi connectivity index (χ4v) is 2.10. The summed E-state index contributed by atoms with van der Waals surface area (Å²) in [5.41, 5.74) is 0.317. The van der Waals surface area contributed by atoms with E-state index in [0.717, 1.165) is 5.92 Å². The Hall–Kier alpha value is -0.0400. The van der Waals surface area contributed by atoms with Gasteiger partial charge in [0, 0.05) is 0 Å². The number of fused-ring (bicyclic) bond motifs is 1. The molecule has 1 heteroatoms. The van der Waals surface area contributed by atoms with Crippen LogP contribution in [0.3, 0.4) is 0 Å². The van der Waals surface area contributed by atoms with Crippen molar-refractivity contribution in [3.8, 4) is 0 Å². The van der Waals surface area contributed by atoms with Gasteiger partial charge < -0.3 is 4.74 Å². The highest BCUT2D eigenvalue weighted by Crippen LogP contribution is 2.49. The molecule has 0 bridgehead atoms. The van der Waals surface area contributed by atoms with Gasteiger partial charge in [-0.15, -0.1) is 0 Å². The van der Waals surface area contributed by atoms with Crippen molar-refractivity contribution in [3.63, 3.8) is 0 Å². The van der Waals surface area contributed by atoms with Gasteiger partial charge in [-0.2, -0.15) is 0 Å². The average Bonchev–Trinajstić information content (AvgIpc) is 2.43. The van der Waals surface area contributed by atoms with E-state index in [-0.39, 0.29) is 0 Å². The second kappa shape index (κ2) is 1.51. The van der Waals surface area contributed by atoms with Crippen LogP contribution >= 0.6 is 0 Å². The molecule has 1 saturated carbocycles. The van der Waals surface area contributed by atoms with Gasteiger partial charge in [0.25, 0.3) is 0 Å². The van der Waals surface area contributed by atoms with Gasteiger partial charge in [-0.05, 0) is 25.7 Å². The van der Waals surface area contributed by atoms with Crippen LogP contribution in [-0.2, 0) is 4.74 Å². The van der Waals surface area contributed by atoms with Crippen LogP contribution < -0.4 is 0 Å². The number of epoxide rings is 1. The molecule has 1 aliphatic heterocycles. The fourth-order valence-electron chi connectivity index (χ4n) is 2.10. The third-order valence-electron chi connectivity index (χ3n) is 2.79. The smallest absolute Gasteiger partial charge is 0.0923 e. The fraction of sp³-hybridized carbons (Fsp3) is 1.00. The monoisotopic (exact) mass is 126 g/mol. The van der Waals surface area contributed by atoms with Crippen LogP contribution in [0.15, 0.2) is 0 Å². The van der Waals surface area contributed by atoms with Crippen molar-refractivity contribution >= 4 is 0 Å². The molecule has 1 nitrogen and oxygen atoms in total. The van der Waals surface area contributed by atoms with E-state index >= 15 is 0 Å². The van der Waals surface area contributed by atoms with Gasteiger partial charge in [-0.1, -0.05) is 13.3 Å². The summed E-state index contributed by atoms with van der Waals surface area (Å²) in [5, 5.41) is 0. The van der Waals surface area contributed by atoms with Crippen LogP contribution in [-0.4, -0.2) is 11.7 Å². The van der Waals surface area contributed by atoms with Crippen LogP contribution in [0.4, 0.5) is 0 Å². The first-order valence-electron chi connectivity index (χ1n) is 3.90. The number of rotatable bonds is 0. The normalized spacial score (nSPS) is 56.7. The first-order chi connectivity index (χ1) is 4.22. The zero-order chi connectivity index (χ0) is 6.48. The first kappa shape index (κ1) is 5.72. The topological polar surface area (TPSA) is 12.5 Å². The lowest BCUT2D eigenvalue weighted by Gasteiger charge is -2.17. The SMILES string of the molecule is CC1CCCC2(C)OC12. The minimum Gasteiger partial charge on any atom is -0.366 e. The van der Waals surface area contributed by atoms with Gasteiger partial charge in [0.2, 0.25) is 0 Å². The molecule has 52 valence electrons. The van der Waals surface area contributed by atoms with Crippen LogP contribution in [0.5, 0.6) is 0 Å². The van der Waals surface area contributed by atoms with Crippen molar-refractivity contribution in [3.05, 3.63) is 0 Å². The Kier molecular flexibility index (Phi) is 0.963. The highest BCUT2D eigenvalue weighted by molar-refractivity contribution is 5.04. The standard InChI is InChI=1S/C8H14O/c1-6-4-3-5-8(2)7(6)9-8/h6-7H,3-5H2,1-2H3. The van der Waals surface area contributed by atoms with Crippen LogP contribution in [0.2, 0.25) is 0 Å². The van der Waals surface area contributed by atoms with E-state index in [1.165, 1.54) is 19.3 Å². The molecule has 2 aliphatic rings. The summed E-state index contributed by atoms with van der Waals surface area (Å²) in [4.78, 5) is 0. The molecule has 2 fully saturated rings. The molecule has 0 spiro atoms. The van der Waals surface area contributed by atoms with E-state index in [1.807, 2.05) is 0 Å². The molecular weight excluding hydrogens is 112 g/mol. The zero-order valence-electron chi connectivity index (χ0n) is 6.18. The molecule has 9 heavy (non-hydrogen) atoms. The van der Waals surface area contributed by atoms with E-state index in [4.69, 9.17) is 4.74 Å². The molecule has 2 rings (SSSR count). The molecule has 0 aromatic carbocycles. The second-order valence-corrected chi connectivity index (χ2v) is 3.72. The summed E-state index contributed by atoms with van der Waals surface area (Å²) in [6.45, 7) is 4.54. The molecule has 1 saturated heterocycles. The predicted molar refractivity (Wildman–Crippen MR) is 36.3 cm³/mol. The zero-order valence-corrected chi connectivity index (χ0v) is 6.18. The third kappa shape index (κ3) is 0.710. The summed E-state index contributed by atoms with van der Waals surface area (Å²) in [6, 6.07) is 0. The van der Waals surface area contributed by atoms with E-state index in [2.05, 4.69) is 13.8 Å². The summed E-state index contributed by atoms with van der Waals surface area (Å²) < 4.78 is 5.58. The molecule has 0 amide bonds. The van der Waals surface area contributed by atoms with Crippen molar-refractivity contribution < 1.29 is 4.74 Å². The van der Waals surface area contributed by atoms with E-state index in [1.54, 1.807) is 0 Å². The van der Waals surface area contributed by atoms with Gasteiger partial charge in [0.05, 0.1) is 11.7 Å². The first-order valence-corrected chi connectivity index (χ1v) is 3.90. The number of ether oxygens (including phenoxy) is 1. The average molecular weight is 126 g/mol.